The summed E-state index contributed by atoms with van der Waals surface area (Å²) in [6.45, 7) is 5.63. The molecule has 4 heteroatoms. The van der Waals surface area contributed by atoms with Gasteiger partial charge in [0.25, 0.3) is 0 Å². The molecule has 3 N–H and O–H groups in total. The average Bonchev–Trinajstić information content (AvgIpc) is 2.26. The Morgan fingerprint density at radius 3 is 2.65 bits per heavy atom. The lowest BCUT2D eigenvalue weighted by atomic mass is 9.84. The van der Waals surface area contributed by atoms with Gasteiger partial charge in [-0.15, -0.1) is 0 Å². The van der Waals surface area contributed by atoms with E-state index in [0.29, 0.717) is 25.9 Å². The molecule has 4 nitrogen and oxygen atoms in total. The number of carbonyl (C=O) groups excluding carboxylic acids is 1. The van der Waals surface area contributed by atoms with Gasteiger partial charge in [-0.2, -0.15) is 5.26 Å². The first-order valence-electron chi connectivity index (χ1n) is 6.35. The Morgan fingerprint density at radius 2 is 2.06 bits per heavy atom. The van der Waals surface area contributed by atoms with Gasteiger partial charge in [0.2, 0.25) is 5.91 Å². The van der Waals surface area contributed by atoms with Gasteiger partial charge in [0, 0.05) is 19.4 Å². The first-order valence-corrected chi connectivity index (χ1v) is 6.35. The van der Waals surface area contributed by atoms with Gasteiger partial charge in [-0.1, -0.05) is 13.8 Å². The lowest BCUT2D eigenvalue weighted by molar-refractivity contribution is -0.121. The summed E-state index contributed by atoms with van der Waals surface area (Å²) in [6.07, 6.45) is 4.68. The minimum atomic E-state index is 0.104. The van der Waals surface area contributed by atoms with E-state index in [1.54, 1.807) is 0 Å². The van der Waals surface area contributed by atoms with Crippen LogP contribution in [0, 0.1) is 16.7 Å². The highest BCUT2D eigenvalue weighted by atomic mass is 16.1. The molecule has 1 amide bonds. The minimum Gasteiger partial charge on any atom is -0.356 e. The van der Waals surface area contributed by atoms with Crippen molar-refractivity contribution in [1.29, 1.82) is 5.26 Å². The second-order valence-corrected chi connectivity index (χ2v) is 5.17. The van der Waals surface area contributed by atoms with Crippen LogP contribution < -0.4 is 11.1 Å². The van der Waals surface area contributed by atoms with E-state index in [1.165, 1.54) is 0 Å². The molecule has 0 aliphatic heterocycles. The van der Waals surface area contributed by atoms with Gasteiger partial charge < -0.3 is 11.1 Å². The van der Waals surface area contributed by atoms with Crippen molar-refractivity contribution < 1.29 is 4.79 Å². The summed E-state index contributed by atoms with van der Waals surface area (Å²) >= 11 is 0. The number of nitrogens with one attached hydrogen (secondary N) is 1. The number of nitrogens with two attached hydrogens (primary N) is 1. The van der Waals surface area contributed by atoms with Gasteiger partial charge in [0.1, 0.15) is 0 Å². The van der Waals surface area contributed by atoms with Crippen LogP contribution in [0.25, 0.3) is 0 Å². The van der Waals surface area contributed by atoms with Gasteiger partial charge in [-0.3, -0.25) is 4.79 Å². The molecule has 0 spiro atoms. The Morgan fingerprint density at radius 1 is 1.35 bits per heavy atom. The van der Waals surface area contributed by atoms with E-state index in [2.05, 4.69) is 25.2 Å². The normalized spacial score (nSPS) is 10.9. The van der Waals surface area contributed by atoms with E-state index in [4.69, 9.17) is 11.0 Å². The third-order valence-corrected chi connectivity index (χ3v) is 2.89. The molecule has 0 radical (unpaired) electrons. The number of nitriles is 1. The molecule has 0 fully saturated rings. The summed E-state index contributed by atoms with van der Waals surface area (Å²) in [5, 5.41) is 11.2. The van der Waals surface area contributed by atoms with E-state index in [0.717, 1.165) is 25.7 Å². The van der Waals surface area contributed by atoms with Gasteiger partial charge in [0.05, 0.1) is 6.07 Å². The second-order valence-electron chi connectivity index (χ2n) is 5.17. The van der Waals surface area contributed by atoms with Crippen molar-refractivity contribution in [2.45, 2.75) is 52.4 Å². The molecular weight excluding hydrogens is 214 g/mol. The Kier molecular flexibility index (Phi) is 8.43. The van der Waals surface area contributed by atoms with E-state index in [9.17, 15) is 4.79 Å². The fourth-order valence-corrected chi connectivity index (χ4v) is 1.61. The van der Waals surface area contributed by atoms with Crippen LogP contribution >= 0.6 is 0 Å². The van der Waals surface area contributed by atoms with Crippen LogP contribution in [0.15, 0.2) is 0 Å². The molecule has 0 rings (SSSR count). The predicted octanol–water partition coefficient (Wildman–Crippen LogP) is 1.95. The molecule has 0 heterocycles. The second kappa shape index (κ2) is 9.00. The summed E-state index contributed by atoms with van der Waals surface area (Å²) in [4.78, 5) is 11.5. The first kappa shape index (κ1) is 15.9. The van der Waals surface area contributed by atoms with Crippen molar-refractivity contribution >= 4 is 5.91 Å². The quantitative estimate of drug-likeness (QED) is 0.604. The van der Waals surface area contributed by atoms with Gasteiger partial charge in [-0.05, 0) is 37.6 Å². The van der Waals surface area contributed by atoms with Crippen LogP contribution in [0.4, 0.5) is 0 Å². The molecule has 17 heavy (non-hydrogen) atoms. The first-order chi connectivity index (χ1) is 8.02. The van der Waals surface area contributed by atoms with Crippen molar-refractivity contribution in [2.75, 3.05) is 13.1 Å². The number of carbonyl (C=O) groups is 1. The molecule has 98 valence electrons. The van der Waals surface area contributed by atoms with Crippen LogP contribution in [0.2, 0.25) is 0 Å². The minimum absolute atomic E-state index is 0.104. The standard InChI is InChI=1S/C13H25N3O/c1-13(2,8-10-15)7-6-12(17)16-11-5-3-4-9-14/h3-8,10-11,15H2,1-2H3,(H,16,17). The molecule has 0 aliphatic rings. The molecule has 0 aromatic carbocycles. The van der Waals surface area contributed by atoms with E-state index >= 15 is 0 Å². The number of rotatable bonds is 9. The zero-order chi connectivity index (χ0) is 13.1. The number of hydrogen-bond donors (Lipinski definition) is 2. The molecular formula is C13H25N3O. The molecule has 0 aliphatic carbocycles. The lowest BCUT2D eigenvalue weighted by Gasteiger charge is -2.23. The summed E-state index contributed by atoms with van der Waals surface area (Å²) in [5.41, 5.74) is 5.67. The molecule has 0 saturated heterocycles. The highest BCUT2D eigenvalue weighted by Gasteiger charge is 2.17. The van der Waals surface area contributed by atoms with Crippen molar-refractivity contribution in [3.05, 3.63) is 0 Å². The zero-order valence-corrected chi connectivity index (χ0v) is 11.1. The van der Waals surface area contributed by atoms with Gasteiger partial charge >= 0.3 is 0 Å². The zero-order valence-electron chi connectivity index (χ0n) is 11.1. The molecule has 0 unspecified atom stereocenters. The lowest BCUT2D eigenvalue weighted by Crippen LogP contribution is -2.26. The maximum absolute atomic E-state index is 11.5. The largest absolute Gasteiger partial charge is 0.356 e. The maximum atomic E-state index is 11.5. The summed E-state index contributed by atoms with van der Waals surface area (Å²) < 4.78 is 0. The van der Waals surface area contributed by atoms with Crippen molar-refractivity contribution in [1.82, 2.24) is 5.32 Å². The van der Waals surface area contributed by atoms with Crippen LogP contribution in [0.1, 0.15) is 52.4 Å². The van der Waals surface area contributed by atoms with Crippen molar-refractivity contribution in [3.8, 4) is 6.07 Å². The summed E-state index contributed by atoms with van der Waals surface area (Å²) in [5.74, 6) is 0.104. The van der Waals surface area contributed by atoms with E-state index in [-0.39, 0.29) is 11.3 Å². The van der Waals surface area contributed by atoms with Crippen LogP contribution in [0.5, 0.6) is 0 Å². The maximum Gasteiger partial charge on any atom is 0.220 e. The van der Waals surface area contributed by atoms with Crippen LogP contribution in [-0.2, 0) is 4.79 Å². The smallest absolute Gasteiger partial charge is 0.220 e. The van der Waals surface area contributed by atoms with Gasteiger partial charge in [-0.25, -0.2) is 0 Å². The number of amides is 1. The molecule has 0 aromatic rings. The third kappa shape index (κ3) is 9.83. The molecule has 0 atom stereocenters. The fraction of sp³-hybridized carbons (Fsp3) is 0.846. The average molecular weight is 239 g/mol. The monoisotopic (exact) mass is 239 g/mol. The van der Waals surface area contributed by atoms with E-state index in [1.807, 2.05) is 0 Å². The van der Waals surface area contributed by atoms with Crippen LogP contribution in [0.3, 0.4) is 0 Å². The predicted molar refractivity (Wildman–Crippen MR) is 69.2 cm³/mol. The topological polar surface area (TPSA) is 78.9 Å². The van der Waals surface area contributed by atoms with Crippen molar-refractivity contribution in [3.63, 3.8) is 0 Å². The van der Waals surface area contributed by atoms with E-state index < -0.39 is 0 Å². The third-order valence-electron chi connectivity index (χ3n) is 2.89. The summed E-state index contributed by atoms with van der Waals surface area (Å²) in [6, 6.07) is 2.09. The molecule has 0 aromatic heterocycles. The Bertz CT molecular complexity index is 256. The highest BCUT2D eigenvalue weighted by Crippen LogP contribution is 2.25. The summed E-state index contributed by atoms with van der Waals surface area (Å²) in [7, 11) is 0. The number of unbranched alkanes of at least 4 members (excludes halogenated alkanes) is 2. The highest BCUT2D eigenvalue weighted by molar-refractivity contribution is 5.75. The van der Waals surface area contributed by atoms with Gasteiger partial charge in [0.15, 0.2) is 0 Å². The Hall–Kier alpha value is -1.08. The number of nitrogens with zero attached hydrogens (tertiary/aromatic N) is 1. The molecule has 0 bridgehead atoms. The van der Waals surface area contributed by atoms with Crippen molar-refractivity contribution in [2.24, 2.45) is 11.1 Å². The van der Waals surface area contributed by atoms with Crippen LogP contribution in [-0.4, -0.2) is 19.0 Å². The number of hydrogen-bond acceptors (Lipinski definition) is 3. The Balaban J connectivity index is 3.56. The SMILES string of the molecule is CC(C)(CCN)CCC(=O)NCCCCC#N. The Labute approximate surface area is 105 Å². The fourth-order valence-electron chi connectivity index (χ4n) is 1.61. The molecule has 0 saturated carbocycles.